The van der Waals surface area contributed by atoms with Crippen LogP contribution >= 0.6 is 0 Å². The van der Waals surface area contributed by atoms with Gasteiger partial charge in [0.15, 0.2) is 0 Å². The van der Waals surface area contributed by atoms with Gasteiger partial charge in [-0.15, -0.1) is 0 Å². The van der Waals surface area contributed by atoms with Crippen molar-refractivity contribution in [3.8, 4) is 5.75 Å². The first-order valence-electron chi connectivity index (χ1n) is 11.5. The van der Waals surface area contributed by atoms with Crippen molar-refractivity contribution in [3.63, 3.8) is 0 Å². The molecule has 2 aromatic carbocycles. The van der Waals surface area contributed by atoms with E-state index >= 15 is 0 Å². The smallest absolute Gasteiger partial charge is 0.257 e. The van der Waals surface area contributed by atoms with E-state index in [4.69, 9.17) is 9.47 Å². The molecular formula is C26H32FN3O5. The Morgan fingerprint density at radius 2 is 1.86 bits per heavy atom. The van der Waals surface area contributed by atoms with Crippen LogP contribution < -0.4 is 10.1 Å². The highest BCUT2D eigenvalue weighted by Crippen LogP contribution is 2.27. The number of carbonyl (C=O) groups excluding carboxylic acids is 3. The molecular weight excluding hydrogens is 453 g/mol. The summed E-state index contributed by atoms with van der Waals surface area (Å²) < 4.78 is 26.1. The number of rotatable bonds is 3. The number of halogens is 1. The number of methoxy groups -OCH3 is 1. The van der Waals surface area contributed by atoms with Gasteiger partial charge in [0.25, 0.3) is 11.8 Å². The van der Waals surface area contributed by atoms with Gasteiger partial charge in [-0.05, 0) is 37.3 Å². The number of hydrogen-bond acceptors (Lipinski definition) is 5. The van der Waals surface area contributed by atoms with Crippen molar-refractivity contribution in [2.45, 2.75) is 32.9 Å². The lowest BCUT2D eigenvalue weighted by molar-refractivity contribution is -0.114. The second kappa shape index (κ2) is 11.3. The Bertz CT molecular complexity index is 1090. The number of amides is 3. The number of likely N-dealkylation sites (N-methyl/N-ethyl adjacent to an activating group) is 1. The molecule has 188 valence electrons. The Morgan fingerprint density at radius 3 is 2.51 bits per heavy atom. The quantitative estimate of drug-likeness (QED) is 0.720. The lowest BCUT2D eigenvalue weighted by Crippen LogP contribution is -2.48. The van der Waals surface area contributed by atoms with E-state index in [1.807, 2.05) is 13.8 Å². The summed E-state index contributed by atoms with van der Waals surface area (Å²) in [7, 11) is 3.22. The zero-order valence-electron chi connectivity index (χ0n) is 20.7. The van der Waals surface area contributed by atoms with E-state index in [2.05, 4.69) is 5.32 Å². The van der Waals surface area contributed by atoms with Crippen LogP contribution in [0.3, 0.4) is 0 Å². The summed E-state index contributed by atoms with van der Waals surface area (Å²) in [5.41, 5.74) is 0.732. The van der Waals surface area contributed by atoms with E-state index in [9.17, 15) is 18.8 Å². The van der Waals surface area contributed by atoms with Crippen LogP contribution in [0.4, 0.5) is 10.1 Å². The normalized spacial score (nSPS) is 21.3. The molecule has 0 spiro atoms. The number of carbonyl (C=O) groups is 3. The third kappa shape index (κ3) is 6.16. The zero-order chi connectivity index (χ0) is 25.7. The van der Waals surface area contributed by atoms with E-state index in [0.717, 1.165) is 0 Å². The Hall–Kier alpha value is -3.46. The van der Waals surface area contributed by atoms with Crippen molar-refractivity contribution < 1.29 is 28.2 Å². The monoisotopic (exact) mass is 485 g/mol. The van der Waals surface area contributed by atoms with E-state index in [0.29, 0.717) is 11.4 Å². The molecule has 3 rings (SSSR count). The molecule has 0 bridgehead atoms. The summed E-state index contributed by atoms with van der Waals surface area (Å²) in [5, 5.41) is 2.68. The van der Waals surface area contributed by atoms with Crippen LogP contribution in [0.25, 0.3) is 0 Å². The molecule has 0 saturated carbocycles. The number of fused-ring (bicyclic) bond motifs is 1. The molecule has 3 amide bonds. The van der Waals surface area contributed by atoms with Crippen molar-refractivity contribution in [3.05, 3.63) is 59.4 Å². The fourth-order valence-electron chi connectivity index (χ4n) is 4.13. The standard InChI is InChI=1S/C26H32FN3O5/c1-16-13-30(26(33)20-8-6-7-9-22(20)27)17(2)15-35-23-11-10-19(28-18(3)31)12-21(23)25(32)29(4)14-24(16)34-5/h6-12,16-17,24H,13-15H2,1-5H3,(H,28,31)/t16-,17+,24-/m1/s1. The molecule has 1 aliphatic rings. The Morgan fingerprint density at radius 1 is 1.14 bits per heavy atom. The van der Waals surface area contributed by atoms with E-state index in [1.54, 1.807) is 43.3 Å². The molecule has 8 nitrogen and oxygen atoms in total. The largest absolute Gasteiger partial charge is 0.491 e. The fourth-order valence-corrected chi connectivity index (χ4v) is 4.13. The van der Waals surface area contributed by atoms with Crippen molar-refractivity contribution in [2.75, 3.05) is 39.2 Å². The van der Waals surface area contributed by atoms with E-state index in [-0.39, 0.29) is 54.7 Å². The highest BCUT2D eigenvalue weighted by molar-refractivity contribution is 5.99. The molecule has 0 aliphatic carbocycles. The molecule has 0 aromatic heterocycles. The molecule has 2 aromatic rings. The number of nitrogens with one attached hydrogen (secondary N) is 1. The number of anilines is 1. The maximum absolute atomic E-state index is 14.4. The minimum atomic E-state index is -0.589. The summed E-state index contributed by atoms with van der Waals surface area (Å²) in [6, 6.07) is 10.3. The number of nitrogens with zero attached hydrogens (tertiary/aromatic N) is 2. The van der Waals surface area contributed by atoms with Crippen LogP contribution in [0.2, 0.25) is 0 Å². The highest BCUT2D eigenvalue weighted by atomic mass is 19.1. The first kappa shape index (κ1) is 26.2. The fraction of sp³-hybridized carbons (Fsp3) is 0.423. The molecule has 0 fully saturated rings. The molecule has 9 heteroatoms. The predicted molar refractivity (Wildman–Crippen MR) is 130 cm³/mol. The van der Waals surface area contributed by atoms with Crippen LogP contribution in [0.5, 0.6) is 5.75 Å². The SMILES string of the molecule is CO[C@@H]1CN(C)C(=O)c2cc(NC(C)=O)ccc2OC[C@H](C)N(C(=O)c2ccccc2F)C[C@H]1C. The molecule has 3 atom stereocenters. The van der Waals surface area contributed by atoms with Crippen molar-refractivity contribution >= 4 is 23.4 Å². The maximum atomic E-state index is 14.4. The third-order valence-corrected chi connectivity index (χ3v) is 6.13. The average Bonchev–Trinajstić information content (AvgIpc) is 2.82. The van der Waals surface area contributed by atoms with Gasteiger partial charge in [-0.25, -0.2) is 4.39 Å². The first-order chi connectivity index (χ1) is 16.6. The van der Waals surface area contributed by atoms with Gasteiger partial charge in [-0.3, -0.25) is 14.4 Å². The van der Waals surface area contributed by atoms with Crippen LogP contribution in [0, 0.1) is 11.7 Å². The van der Waals surface area contributed by atoms with Gasteiger partial charge in [-0.2, -0.15) is 0 Å². The van der Waals surface area contributed by atoms with Crippen LogP contribution in [0.1, 0.15) is 41.5 Å². The zero-order valence-corrected chi connectivity index (χ0v) is 20.7. The number of ether oxygens (including phenoxy) is 2. The molecule has 1 N–H and O–H groups in total. The second-order valence-electron chi connectivity index (χ2n) is 8.93. The third-order valence-electron chi connectivity index (χ3n) is 6.13. The number of hydrogen-bond donors (Lipinski definition) is 1. The molecule has 1 heterocycles. The molecule has 0 unspecified atom stereocenters. The minimum Gasteiger partial charge on any atom is -0.491 e. The maximum Gasteiger partial charge on any atom is 0.257 e. The summed E-state index contributed by atoms with van der Waals surface area (Å²) in [5.74, 6) is -1.42. The lowest BCUT2D eigenvalue weighted by atomic mass is 10.0. The summed E-state index contributed by atoms with van der Waals surface area (Å²) in [4.78, 5) is 41.3. The Kier molecular flexibility index (Phi) is 8.45. The van der Waals surface area contributed by atoms with Crippen molar-refractivity contribution in [1.29, 1.82) is 0 Å². The van der Waals surface area contributed by atoms with Crippen molar-refractivity contribution in [1.82, 2.24) is 9.80 Å². The van der Waals surface area contributed by atoms with Crippen LogP contribution in [-0.4, -0.2) is 73.5 Å². The predicted octanol–water partition coefficient (Wildman–Crippen LogP) is 3.43. The van der Waals surface area contributed by atoms with Gasteiger partial charge in [0.1, 0.15) is 18.2 Å². The van der Waals surface area contributed by atoms with Gasteiger partial charge in [0.2, 0.25) is 5.91 Å². The van der Waals surface area contributed by atoms with E-state index in [1.165, 1.54) is 30.0 Å². The topological polar surface area (TPSA) is 88.2 Å². The molecule has 0 saturated heterocycles. The Balaban J connectivity index is 2.01. The van der Waals surface area contributed by atoms with Gasteiger partial charge >= 0.3 is 0 Å². The van der Waals surface area contributed by atoms with Gasteiger partial charge in [0, 0.05) is 45.8 Å². The lowest BCUT2D eigenvalue weighted by Gasteiger charge is -2.36. The summed E-state index contributed by atoms with van der Waals surface area (Å²) in [6.45, 7) is 5.75. The minimum absolute atomic E-state index is 0.0137. The molecule has 0 radical (unpaired) electrons. The Labute approximate surface area is 205 Å². The van der Waals surface area contributed by atoms with Crippen LogP contribution in [0.15, 0.2) is 42.5 Å². The molecule has 1 aliphatic heterocycles. The average molecular weight is 486 g/mol. The van der Waals surface area contributed by atoms with E-state index < -0.39 is 17.8 Å². The first-order valence-corrected chi connectivity index (χ1v) is 11.5. The number of benzene rings is 2. The molecule has 35 heavy (non-hydrogen) atoms. The van der Waals surface area contributed by atoms with Crippen LogP contribution in [-0.2, 0) is 9.53 Å². The summed E-state index contributed by atoms with van der Waals surface area (Å²) in [6.07, 6.45) is -0.380. The second-order valence-corrected chi connectivity index (χ2v) is 8.93. The summed E-state index contributed by atoms with van der Waals surface area (Å²) >= 11 is 0. The van der Waals surface area contributed by atoms with Gasteiger partial charge < -0.3 is 24.6 Å². The van der Waals surface area contributed by atoms with Gasteiger partial charge in [-0.1, -0.05) is 19.1 Å². The van der Waals surface area contributed by atoms with Crippen molar-refractivity contribution in [2.24, 2.45) is 5.92 Å². The van der Waals surface area contributed by atoms with Gasteiger partial charge in [0.05, 0.1) is 23.3 Å². The highest BCUT2D eigenvalue weighted by Gasteiger charge is 2.31.